The van der Waals surface area contributed by atoms with Crippen LogP contribution in [0.5, 0.6) is 0 Å². The number of anilines is 1. The van der Waals surface area contributed by atoms with Gasteiger partial charge in [-0.15, -0.1) is 0 Å². The molecule has 1 fully saturated rings. The van der Waals surface area contributed by atoms with E-state index in [1.165, 1.54) is 0 Å². The molecule has 0 radical (unpaired) electrons. The first kappa shape index (κ1) is 11.6. The number of fused-ring (bicyclic) bond motifs is 1. The second kappa shape index (κ2) is 4.31. The molecule has 2 aliphatic rings. The molecule has 4 nitrogen and oxygen atoms in total. The molecule has 1 unspecified atom stereocenters. The molecule has 0 aromatic heterocycles. The van der Waals surface area contributed by atoms with Crippen LogP contribution >= 0.6 is 12.6 Å². The fraction of sp³-hybridized carbons (Fsp3) is 0.385. The van der Waals surface area contributed by atoms with Gasteiger partial charge in [0.1, 0.15) is 6.61 Å². The summed E-state index contributed by atoms with van der Waals surface area (Å²) >= 11 is 4.24. The topological polar surface area (TPSA) is 46.6 Å². The molecule has 1 atom stereocenters. The number of nitrogens with zero attached hydrogens (tertiary/aromatic N) is 1. The predicted molar refractivity (Wildman–Crippen MR) is 69.9 cm³/mol. The zero-order valence-corrected chi connectivity index (χ0v) is 10.7. The first-order valence-corrected chi connectivity index (χ1v) is 6.53. The minimum atomic E-state index is -0.302. The average Bonchev–Trinajstić information content (AvgIpc) is 2.93. The summed E-state index contributed by atoms with van der Waals surface area (Å²) in [6.45, 7) is 1.01. The van der Waals surface area contributed by atoms with Crippen molar-refractivity contribution in [2.75, 3.05) is 17.2 Å². The summed E-state index contributed by atoms with van der Waals surface area (Å²) in [7, 11) is 0. The average molecular weight is 263 g/mol. The fourth-order valence-electron chi connectivity index (χ4n) is 2.42. The van der Waals surface area contributed by atoms with Gasteiger partial charge in [0, 0.05) is 24.2 Å². The molecule has 5 heteroatoms. The second-order valence-corrected chi connectivity index (χ2v) is 5.04. The molecular weight excluding hydrogens is 250 g/mol. The molecule has 3 rings (SSSR count). The van der Waals surface area contributed by atoms with Crippen molar-refractivity contribution in [3.63, 3.8) is 0 Å². The Morgan fingerprint density at radius 3 is 2.94 bits per heavy atom. The smallest absolute Gasteiger partial charge is 0.338 e. The third-order valence-electron chi connectivity index (χ3n) is 3.45. The third kappa shape index (κ3) is 1.79. The van der Waals surface area contributed by atoms with Crippen molar-refractivity contribution in [3.05, 3.63) is 29.3 Å². The second-order valence-electron chi connectivity index (χ2n) is 4.67. The van der Waals surface area contributed by atoms with Gasteiger partial charge in [0.25, 0.3) is 0 Å². The van der Waals surface area contributed by atoms with Gasteiger partial charge in [-0.3, -0.25) is 4.79 Å². The van der Waals surface area contributed by atoms with Crippen LogP contribution in [0.25, 0.3) is 0 Å². The van der Waals surface area contributed by atoms with Crippen molar-refractivity contribution in [1.82, 2.24) is 0 Å². The van der Waals surface area contributed by atoms with E-state index in [9.17, 15) is 9.59 Å². The van der Waals surface area contributed by atoms with Crippen LogP contribution in [-0.2, 0) is 16.1 Å². The predicted octanol–water partition coefficient (Wildman–Crippen LogP) is 1.64. The third-order valence-corrected chi connectivity index (χ3v) is 3.96. The van der Waals surface area contributed by atoms with E-state index in [0.717, 1.165) is 11.3 Å². The van der Waals surface area contributed by atoms with Crippen LogP contribution in [0.15, 0.2) is 18.2 Å². The van der Waals surface area contributed by atoms with Crippen LogP contribution in [0.1, 0.15) is 22.3 Å². The van der Waals surface area contributed by atoms with E-state index in [2.05, 4.69) is 12.6 Å². The van der Waals surface area contributed by atoms with E-state index < -0.39 is 0 Å². The van der Waals surface area contributed by atoms with Gasteiger partial charge in [-0.25, -0.2) is 4.79 Å². The lowest BCUT2D eigenvalue weighted by Gasteiger charge is -2.16. The largest absolute Gasteiger partial charge is 0.457 e. The van der Waals surface area contributed by atoms with Gasteiger partial charge < -0.3 is 9.64 Å². The highest BCUT2D eigenvalue weighted by atomic mass is 32.1. The van der Waals surface area contributed by atoms with Crippen molar-refractivity contribution >= 4 is 30.2 Å². The lowest BCUT2D eigenvalue weighted by atomic mass is 10.1. The standard InChI is InChI=1S/C13H13NO3S/c15-12-3-8(7-18)5-14(12)10-2-1-9-6-17-13(16)11(9)4-10/h1-2,4,8,18H,3,5-7H2. The Kier molecular flexibility index (Phi) is 2.78. The van der Waals surface area contributed by atoms with Gasteiger partial charge in [0.05, 0.1) is 5.56 Å². The lowest BCUT2D eigenvalue weighted by molar-refractivity contribution is -0.117. The van der Waals surface area contributed by atoms with Gasteiger partial charge >= 0.3 is 5.97 Å². The van der Waals surface area contributed by atoms with Gasteiger partial charge in [0.2, 0.25) is 5.91 Å². The van der Waals surface area contributed by atoms with Gasteiger partial charge in [-0.05, 0) is 23.8 Å². The quantitative estimate of drug-likeness (QED) is 0.652. The molecule has 18 heavy (non-hydrogen) atoms. The number of esters is 1. The van der Waals surface area contributed by atoms with E-state index in [0.29, 0.717) is 36.8 Å². The Balaban J connectivity index is 1.92. The van der Waals surface area contributed by atoms with Crippen LogP contribution in [0, 0.1) is 5.92 Å². The Morgan fingerprint density at radius 2 is 2.22 bits per heavy atom. The number of rotatable bonds is 2. The SMILES string of the molecule is O=C1OCc2ccc(N3CC(CS)CC3=O)cc21. The highest BCUT2D eigenvalue weighted by Crippen LogP contribution is 2.29. The highest BCUT2D eigenvalue weighted by Gasteiger charge is 2.31. The maximum Gasteiger partial charge on any atom is 0.338 e. The Morgan fingerprint density at radius 1 is 1.39 bits per heavy atom. The monoisotopic (exact) mass is 263 g/mol. The Hall–Kier alpha value is -1.49. The van der Waals surface area contributed by atoms with Gasteiger partial charge in [-0.1, -0.05) is 6.07 Å². The molecule has 0 aliphatic carbocycles. The van der Waals surface area contributed by atoms with E-state index in [1.54, 1.807) is 11.0 Å². The number of hydrogen-bond acceptors (Lipinski definition) is 4. The van der Waals surface area contributed by atoms with Gasteiger partial charge in [-0.2, -0.15) is 12.6 Å². The number of benzene rings is 1. The normalized spacial score (nSPS) is 22.3. The molecule has 1 amide bonds. The minimum Gasteiger partial charge on any atom is -0.457 e. The summed E-state index contributed by atoms with van der Waals surface area (Å²) < 4.78 is 4.96. The van der Waals surface area contributed by atoms with Crippen molar-refractivity contribution in [1.29, 1.82) is 0 Å². The summed E-state index contributed by atoms with van der Waals surface area (Å²) in [5.74, 6) is 0.792. The molecule has 2 aliphatic heterocycles. The van der Waals surface area contributed by atoms with Crippen molar-refractivity contribution in [3.8, 4) is 0 Å². The molecule has 0 bridgehead atoms. The van der Waals surface area contributed by atoms with E-state index in [1.807, 2.05) is 12.1 Å². The number of cyclic esters (lactones) is 1. The zero-order chi connectivity index (χ0) is 12.7. The molecule has 2 heterocycles. The summed E-state index contributed by atoms with van der Waals surface area (Å²) in [4.78, 5) is 25.1. The maximum atomic E-state index is 11.9. The van der Waals surface area contributed by atoms with E-state index >= 15 is 0 Å². The van der Waals surface area contributed by atoms with Crippen LogP contribution < -0.4 is 4.90 Å². The summed E-state index contributed by atoms with van der Waals surface area (Å²) in [5.41, 5.74) is 2.25. The van der Waals surface area contributed by atoms with Gasteiger partial charge in [0.15, 0.2) is 0 Å². The van der Waals surface area contributed by atoms with E-state index in [-0.39, 0.29) is 11.9 Å². The van der Waals surface area contributed by atoms with Crippen LogP contribution in [0.4, 0.5) is 5.69 Å². The molecule has 1 aromatic rings. The van der Waals surface area contributed by atoms with Crippen LogP contribution in [-0.4, -0.2) is 24.2 Å². The minimum absolute atomic E-state index is 0.0976. The number of ether oxygens (including phenoxy) is 1. The number of carbonyl (C=O) groups is 2. The summed E-state index contributed by atoms with van der Waals surface area (Å²) in [6, 6.07) is 5.49. The van der Waals surface area contributed by atoms with Crippen LogP contribution in [0.2, 0.25) is 0 Å². The molecule has 0 saturated carbocycles. The molecular formula is C13H13NO3S. The lowest BCUT2D eigenvalue weighted by Crippen LogP contribution is -2.24. The fourth-order valence-corrected chi connectivity index (χ4v) is 2.67. The van der Waals surface area contributed by atoms with Crippen molar-refractivity contribution < 1.29 is 14.3 Å². The number of carbonyl (C=O) groups excluding carboxylic acids is 2. The Labute approximate surface area is 110 Å². The number of thiol groups is 1. The summed E-state index contributed by atoms with van der Waals surface area (Å²) in [6.07, 6.45) is 0.533. The maximum absolute atomic E-state index is 11.9. The molecule has 94 valence electrons. The number of amides is 1. The van der Waals surface area contributed by atoms with Crippen molar-refractivity contribution in [2.45, 2.75) is 13.0 Å². The number of hydrogen-bond donors (Lipinski definition) is 1. The van der Waals surface area contributed by atoms with Crippen LogP contribution in [0.3, 0.4) is 0 Å². The molecule has 0 spiro atoms. The first-order valence-electron chi connectivity index (χ1n) is 5.90. The zero-order valence-electron chi connectivity index (χ0n) is 9.76. The molecule has 1 aromatic carbocycles. The van der Waals surface area contributed by atoms with E-state index in [4.69, 9.17) is 4.74 Å². The highest BCUT2D eigenvalue weighted by molar-refractivity contribution is 7.80. The first-order chi connectivity index (χ1) is 8.69. The van der Waals surface area contributed by atoms with Crippen molar-refractivity contribution in [2.24, 2.45) is 5.92 Å². The Bertz CT molecular complexity index is 529. The molecule has 1 saturated heterocycles. The summed E-state index contributed by atoms with van der Waals surface area (Å²) in [5, 5.41) is 0. The molecule has 0 N–H and O–H groups in total.